The molecule has 0 bridgehead atoms. The van der Waals surface area contributed by atoms with E-state index in [0.29, 0.717) is 11.3 Å². The third kappa shape index (κ3) is 3.40. The van der Waals surface area contributed by atoms with Crippen molar-refractivity contribution in [3.63, 3.8) is 0 Å². The van der Waals surface area contributed by atoms with Gasteiger partial charge in [-0.3, -0.25) is 0 Å². The lowest BCUT2D eigenvalue weighted by molar-refractivity contribution is 0.256. The quantitative estimate of drug-likeness (QED) is 0.842. The van der Waals surface area contributed by atoms with Crippen molar-refractivity contribution in [2.75, 3.05) is 6.61 Å². The zero-order valence-electron chi connectivity index (χ0n) is 12.1. The van der Waals surface area contributed by atoms with Crippen LogP contribution in [0.15, 0.2) is 23.1 Å². The summed E-state index contributed by atoms with van der Waals surface area (Å²) < 4.78 is 27.6. The first-order chi connectivity index (χ1) is 9.44. The van der Waals surface area contributed by atoms with Crippen LogP contribution in [0.4, 0.5) is 0 Å². The van der Waals surface area contributed by atoms with Gasteiger partial charge in [0.1, 0.15) is 0 Å². The second-order valence-electron chi connectivity index (χ2n) is 5.77. The SMILES string of the molecule is CC(C)C(CCO)NS(=O)(=O)c1ccc2c(c1)CCC2. The van der Waals surface area contributed by atoms with Crippen molar-refractivity contribution in [2.45, 2.75) is 50.5 Å². The molecule has 4 nitrogen and oxygen atoms in total. The van der Waals surface area contributed by atoms with E-state index < -0.39 is 10.0 Å². The number of benzene rings is 1. The standard InChI is InChI=1S/C15H23NO3S/c1-11(2)15(8-9-17)16-20(18,19)14-7-6-12-4-3-5-13(12)10-14/h6-7,10-11,15-17H,3-5,8-9H2,1-2H3. The molecule has 1 aromatic carbocycles. The van der Waals surface area contributed by atoms with Crippen LogP contribution in [-0.2, 0) is 22.9 Å². The van der Waals surface area contributed by atoms with Gasteiger partial charge >= 0.3 is 0 Å². The molecule has 20 heavy (non-hydrogen) atoms. The first kappa shape index (κ1) is 15.5. The van der Waals surface area contributed by atoms with Gasteiger partial charge in [0, 0.05) is 12.6 Å². The fraction of sp³-hybridized carbons (Fsp3) is 0.600. The van der Waals surface area contributed by atoms with E-state index in [1.165, 1.54) is 5.56 Å². The van der Waals surface area contributed by atoms with Gasteiger partial charge < -0.3 is 5.11 Å². The molecule has 0 saturated heterocycles. The predicted molar refractivity (Wildman–Crippen MR) is 79.1 cm³/mol. The summed E-state index contributed by atoms with van der Waals surface area (Å²) in [5.41, 5.74) is 2.41. The summed E-state index contributed by atoms with van der Waals surface area (Å²) >= 11 is 0. The number of aliphatic hydroxyl groups excluding tert-OH is 1. The fourth-order valence-electron chi connectivity index (χ4n) is 2.65. The molecule has 1 atom stereocenters. The van der Waals surface area contributed by atoms with E-state index in [2.05, 4.69) is 4.72 Å². The van der Waals surface area contributed by atoms with Crippen molar-refractivity contribution < 1.29 is 13.5 Å². The maximum absolute atomic E-state index is 12.4. The van der Waals surface area contributed by atoms with E-state index in [1.54, 1.807) is 12.1 Å². The Morgan fingerprint density at radius 1 is 1.25 bits per heavy atom. The predicted octanol–water partition coefficient (Wildman–Crippen LogP) is 1.86. The van der Waals surface area contributed by atoms with Gasteiger partial charge in [-0.1, -0.05) is 19.9 Å². The molecule has 2 rings (SSSR count). The smallest absolute Gasteiger partial charge is 0.240 e. The zero-order valence-corrected chi connectivity index (χ0v) is 12.9. The summed E-state index contributed by atoms with van der Waals surface area (Å²) in [5.74, 6) is 0.145. The van der Waals surface area contributed by atoms with Crippen LogP contribution in [0.2, 0.25) is 0 Å². The van der Waals surface area contributed by atoms with Gasteiger partial charge in [0.15, 0.2) is 0 Å². The van der Waals surface area contributed by atoms with E-state index in [4.69, 9.17) is 5.11 Å². The summed E-state index contributed by atoms with van der Waals surface area (Å²) in [5, 5.41) is 9.04. The highest BCUT2D eigenvalue weighted by Gasteiger charge is 2.23. The molecule has 0 spiro atoms. The largest absolute Gasteiger partial charge is 0.396 e. The van der Waals surface area contributed by atoms with E-state index in [0.717, 1.165) is 24.8 Å². The van der Waals surface area contributed by atoms with Crippen LogP contribution in [0, 0.1) is 5.92 Å². The third-order valence-electron chi connectivity index (χ3n) is 3.93. The molecule has 0 aliphatic heterocycles. The van der Waals surface area contributed by atoms with Gasteiger partial charge in [-0.05, 0) is 54.9 Å². The molecular formula is C15H23NO3S. The Morgan fingerprint density at radius 2 is 1.95 bits per heavy atom. The topological polar surface area (TPSA) is 66.4 Å². The molecule has 0 amide bonds. The number of hydrogen-bond acceptors (Lipinski definition) is 3. The van der Waals surface area contributed by atoms with E-state index in [1.807, 2.05) is 19.9 Å². The van der Waals surface area contributed by atoms with Crippen molar-refractivity contribution in [1.29, 1.82) is 0 Å². The Kier molecular flexibility index (Phi) is 4.83. The minimum absolute atomic E-state index is 0.0183. The van der Waals surface area contributed by atoms with Gasteiger partial charge in [0.05, 0.1) is 4.90 Å². The monoisotopic (exact) mass is 297 g/mol. The molecule has 5 heteroatoms. The second kappa shape index (κ2) is 6.24. The molecule has 1 aliphatic carbocycles. The van der Waals surface area contributed by atoms with Crippen LogP contribution < -0.4 is 4.72 Å². The van der Waals surface area contributed by atoms with Gasteiger partial charge in [0.2, 0.25) is 10.0 Å². The Morgan fingerprint density at radius 3 is 2.60 bits per heavy atom. The van der Waals surface area contributed by atoms with Crippen LogP contribution in [0.25, 0.3) is 0 Å². The summed E-state index contributed by atoms with van der Waals surface area (Å²) in [6, 6.07) is 5.16. The molecule has 1 unspecified atom stereocenters. The van der Waals surface area contributed by atoms with E-state index in [9.17, 15) is 8.42 Å². The number of aliphatic hydroxyl groups is 1. The van der Waals surface area contributed by atoms with Crippen LogP contribution in [0.1, 0.15) is 37.8 Å². The highest BCUT2D eigenvalue weighted by molar-refractivity contribution is 7.89. The van der Waals surface area contributed by atoms with Crippen LogP contribution in [-0.4, -0.2) is 26.2 Å². The van der Waals surface area contributed by atoms with Crippen molar-refractivity contribution in [3.8, 4) is 0 Å². The van der Waals surface area contributed by atoms with Crippen LogP contribution in [0.5, 0.6) is 0 Å². The lowest BCUT2D eigenvalue weighted by Gasteiger charge is -2.21. The zero-order chi connectivity index (χ0) is 14.8. The lowest BCUT2D eigenvalue weighted by atomic mass is 10.0. The summed E-state index contributed by atoms with van der Waals surface area (Å²) in [4.78, 5) is 0.335. The molecule has 112 valence electrons. The first-order valence-electron chi connectivity index (χ1n) is 7.19. The molecule has 0 radical (unpaired) electrons. The molecule has 1 aromatic rings. The molecular weight excluding hydrogens is 274 g/mol. The van der Waals surface area contributed by atoms with E-state index in [-0.39, 0.29) is 18.6 Å². The Labute approximate surface area is 121 Å². The van der Waals surface area contributed by atoms with Crippen LogP contribution >= 0.6 is 0 Å². The maximum Gasteiger partial charge on any atom is 0.240 e. The number of nitrogens with one attached hydrogen (secondary N) is 1. The molecule has 0 aromatic heterocycles. The van der Waals surface area contributed by atoms with Crippen molar-refractivity contribution in [3.05, 3.63) is 29.3 Å². The number of aryl methyl sites for hydroxylation is 2. The van der Waals surface area contributed by atoms with E-state index >= 15 is 0 Å². The summed E-state index contributed by atoms with van der Waals surface area (Å²) in [7, 11) is -3.51. The van der Waals surface area contributed by atoms with Crippen molar-refractivity contribution in [2.24, 2.45) is 5.92 Å². The Bertz CT molecular complexity index is 566. The normalized spacial score (nSPS) is 16.4. The fourth-order valence-corrected chi connectivity index (χ4v) is 4.12. The minimum atomic E-state index is -3.51. The van der Waals surface area contributed by atoms with Gasteiger partial charge in [-0.15, -0.1) is 0 Å². The molecule has 2 N–H and O–H groups in total. The highest BCUT2D eigenvalue weighted by atomic mass is 32.2. The average Bonchev–Trinajstić information content (AvgIpc) is 2.85. The first-order valence-corrected chi connectivity index (χ1v) is 8.67. The Hall–Kier alpha value is -0.910. The Balaban J connectivity index is 2.21. The highest BCUT2D eigenvalue weighted by Crippen LogP contribution is 2.25. The maximum atomic E-state index is 12.4. The molecule has 0 saturated carbocycles. The van der Waals surface area contributed by atoms with Crippen molar-refractivity contribution >= 4 is 10.0 Å². The number of sulfonamides is 1. The van der Waals surface area contributed by atoms with Gasteiger partial charge in [0.25, 0.3) is 0 Å². The number of rotatable bonds is 6. The average molecular weight is 297 g/mol. The summed E-state index contributed by atoms with van der Waals surface area (Å²) in [6.45, 7) is 3.88. The van der Waals surface area contributed by atoms with Crippen molar-refractivity contribution in [1.82, 2.24) is 4.72 Å². The van der Waals surface area contributed by atoms with Gasteiger partial charge in [-0.25, -0.2) is 13.1 Å². The molecule has 0 fully saturated rings. The minimum Gasteiger partial charge on any atom is -0.396 e. The second-order valence-corrected chi connectivity index (χ2v) is 7.48. The lowest BCUT2D eigenvalue weighted by Crippen LogP contribution is -2.39. The number of fused-ring (bicyclic) bond motifs is 1. The molecule has 0 heterocycles. The summed E-state index contributed by atoms with van der Waals surface area (Å²) in [6.07, 6.45) is 3.54. The van der Waals surface area contributed by atoms with Gasteiger partial charge in [-0.2, -0.15) is 0 Å². The third-order valence-corrected chi connectivity index (χ3v) is 5.42. The molecule has 1 aliphatic rings. The van der Waals surface area contributed by atoms with Crippen LogP contribution in [0.3, 0.4) is 0 Å². The number of hydrogen-bond donors (Lipinski definition) is 2.